The summed E-state index contributed by atoms with van der Waals surface area (Å²) in [5, 5.41) is 9.00. The van der Waals surface area contributed by atoms with E-state index < -0.39 is 0 Å². The molecule has 0 unspecified atom stereocenters. The SMILES string of the molecule is N#CC1CCC([C@H]2CC[C@H](CCC3OCCO3)CC2)CC1. The summed E-state index contributed by atoms with van der Waals surface area (Å²) >= 11 is 0. The maximum absolute atomic E-state index is 9.00. The zero-order valence-corrected chi connectivity index (χ0v) is 13.1. The second kappa shape index (κ2) is 7.61. The third-order valence-electron chi connectivity index (χ3n) is 6.01. The predicted molar refractivity (Wildman–Crippen MR) is 81.4 cm³/mol. The number of hydrogen-bond acceptors (Lipinski definition) is 3. The number of nitriles is 1. The van der Waals surface area contributed by atoms with Gasteiger partial charge in [0.25, 0.3) is 0 Å². The summed E-state index contributed by atoms with van der Waals surface area (Å²) in [6.07, 6.45) is 13.0. The van der Waals surface area contributed by atoms with Crippen molar-refractivity contribution in [2.24, 2.45) is 23.7 Å². The highest BCUT2D eigenvalue weighted by molar-refractivity contribution is 4.89. The monoisotopic (exact) mass is 291 g/mol. The van der Waals surface area contributed by atoms with Crippen LogP contribution in [0.25, 0.3) is 0 Å². The Balaban J connectivity index is 1.34. The fourth-order valence-corrected chi connectivity index (χ4v) is 4.61. The number of ether oxygens (including phenoxy) is 2. The molecular weight excluding hydrogens is 262 g/mol. The third-order valence-corrected chi connectivity index (χ3v) is 6.01. The molecule has 3 fully saturated rings. The lowest BCUT2D eigenvalue weighted by Crippen LogP contribution is -2.26. The van der Waals surface area contributed by atoms with Crippen molar-refractivity contribution in [2.45, 2.75) is 70.5 Å². The molecule has 2 aliphatic carbocycles. The van der Waals surface area contributed by atoms with Gasteiger partial charge in [0.15, 0.2) is 6.29 Å². The van der Waals surface area contributed by atoms with Crippen molar-refractivity contribution >= 4 is 0 Å². The lowest BCUT2D eigenvalue weighted by Gasteiger charge is -2.37. The Bertz CT molecular complexity index is 343. The van der Waals surface area contributed by atoms with Gasteiger partial charge in [-0.05, 0) is 69.1 Å². The predicted octanol–water partition coefficient (Wildman–Crippen LogP) is 4.28. The van der Waals surface area contributed by atoms with Gasteiger partial charge in [-0.25, -0.2) is 0 Å². The van der Waals surface area contributed by atoms with Crippen LogP contribution in [0, 0.1) is 35.0 Å². The summed E-state index contributed by atoms with van der Waals surface area (Å²) in [6, 6.07) is 2.45. The molecule has 0 atom stereocenters. The van der Waals surface area contributed by atoms with Gasteiger partial charge in [0, 0.05) is 5.92 Å². The van der Waals surface area contributed by atoms with E-state index in [9.17, 15) is 0 Å². The Kier molecular flexibility index (Phi) is 5.55. The van der Waals surface area contributed by atoms with Crippen molar-refractivity contribution in [1.82, 2.24) is 0 Å². The van der Waals surface area contributed by atoms with E-state index in [1.54, 1.807) is 0 Å². The second-order valence-corrected chi connectivity index (χ2v) is 7.27. The Morgan fingerprint density at radius 1 is 0.762 bits per heavy atom. The van der Waals surface area contributed by atoms with Crippen molar-refractivity contribution in [2.75, 3.05) is 13.2 Å². The Morgan fingerprint density at radius 2 is 1.33 bits per heavy atom. The van der Waals surface area contributed by atoms with Crippen molar-refractivity contribution in [3.8, 4) is 6.07 Å². The van der Waals surface area contributed by atoms with Gasteiger partial charge >= 0.3 is 0 Å². The first-order valence-corrected chi connectivity index (χ1v) is 8.98. The molecule has 0 bridgehead atoms. The Hall–Kier alpha value is -0.590. The zero-order valence-electron chi connectivity index (χ0n) is 13.1. The molecule has 0 radical (unpaired) electrons. The van der Waals surface area contributed by atoms with Crippen LogP contribution in [0.1, 0.15) is 64.2 Å². The molecule has 0 aromatic heterocycles. The van der Waals surface area contributed by atoms with Crippen LogP contribution in [0.4, 0.5) is 0 Å². The highest BCUT2D eigenvalue weighted by Crippen LogP contribution is 2.42. The molecule has 1 heterocycles. The van der Waals surface area contributed by atoms with Crippen LogP contribution in [0.5, 0.6) is 0 Å². The summed E-state index contributed by atoms with van der Waals surface area (Å²) in [4.78, 5) is 0. The van der Waals surface area contributed by atoms with Crippen LogP contribution in [0.2, 0.25) is 0 Å². The smallest absolute Gasteiger partial charge is 0.157 e. The van der Waals surface area contributed by atoms with E-state index in [-0.39, 0.29) is 6.29 Å². The fraction of sp³-hybridized carbons (Fsp3) is 0.944. The van der Waals surface area contributed by atoms with Gasteiger partial charge in [-0.1, -0.05) is 12.8 Å². The van der Waals surface area contributed by atoms with E-state index in [1.165, 1.54) is 44.9 Å². The molecule has 0 aromatic rings. The molecule has 1 aliphatic heterocycles. The van der Waals surface area contributed by atoms with Crippen LogP contribution >= 0.6 is 0 Å². The van der Waals surface area contributed by atoms with E-state index in [1.807, 2.05) is 0 Å². The maximum atomic E-state index is 9.00. The molecule has 3 nitrogen and oxygen atoms in total. The highest BCUT2D eigenvalue weighted by atomic mass is 16.7. The van der Waals surface area contributed by atoms with Gasteiger partial charge in [0.1, 0.15) is 0 Å². The van der Waals surface area contributed by atoms with Crippen LogP contribution in [0.3, 0.4) is 0 Å². The molecule has 3 rings (SSSR count). The quantitative estimate of drug-likeness (QED) is 0.776. The van der Waals surface area contributed by atoms with E-state index >= 15 is 0 Å². The van der Waals surface area contributed by atoms with E-state index in [0.29, 0.717) is 5.92 Å². The lowest BCUT2D eigenvalue weighted by atomic mass is 9.69. The molecule has 0 N–H and O–H groups in total. The minimum absolute atomic E-state index is 0.0870. The summed E-state index contributed by atoms with van der Waals surface area (Å²) in [7, 11) is 0. The van der Waals surface area contributed by atoms with Crippen LogP contribution in [-0.2, 0) is 9.47 Å². The molecule has 3 aliphatic rings. The summed E-state index contributed by atoms with van der Waals surface area (Å²) in [6.45, 7) is 1.56. The molecule has 21 heavy (non-hydrogen) atoms. The average molecular weight is 291 g/mol. The van der Waals surface area contributed by atoms with Crippen LogP contribution in [0.15, 0.2) is 0 Å². The van der Waals surface area contributed by atoms with Crippen LogP contribution < -0.4 is 0 Å². The van der Waals surface area contributed by atoms with Gasteiger partial charge in [0.2, 0.25) is 0 Å². The van der Waals surface area contributed by atoms with Crippen molar-refractivity contribution in [3.63, 3.8) is 0 Å². The van der Waals surface area contributed by atoms with E-state index in [4.69, 9.17) is 14.7 Å². The van der Waals surface area contributed by atoms with E-state index in [2.05, 4.69) is 6.07 Å². The van der Waals surface area contributed by atoms with Crippen LogP contribution in [-0.4, -0.2) is 19.5 Å². The number of hydrogen-bond donors (Lipinski definition) is 0. The Morgan fingerprint density at radius 3 is 1.90 bits per heavy atom. The number of nitrogens with zero attached hydrogens (tertiary/aromatic N) is 1. The molecular formula is C18H29NO2. The normalized spacial score (nSPS) is 38.2. The molecule has 0 aromatic carbocycles. The highest BCUT2D eigenvalue weighted by Gasteiger charge is 2.31. The van der Waals surface area contributed by atoms with Crippen molar-refractivity contribution in [3.05, 3.63) is 0 Å². The zero-order chi connectivity index (χ0) is 14.5. The first-order chi connectivity index (χ1) is 10.3. The maximum Gasteiger partial charge on any atom is 0.157 e. The minimum atomic E-state index is 0.0870. The first kappa shape index (κ1) is 15.3. The summed E-state index contributed by atoms with van der Waals surface area (Å²) < 4.78 is 11.1. The molecule has 3 heteroatoms. The topological polar surface area (TPSA) is 42.2 Å². The molecule has 0 amide bonds. The Labute approximate surface area is 129 Å². The van der Waals surface area contributed by atoms with Gasteiger partial charge in [0.05, 0.1) is 19.3 Å². The lowest BCUT2D eigenvalue weighted by molar-refractivity contribution is -0.0514. The minimum Gasteiger partial charge on any atom is -0.350 e. The van der Waals surface area contributed by atoms with Gasteiger partial charge < -0.3 is 9.47 Å². The largest absolute Gasteiger partial charge is 0.350 e. The van der Waals surface area contributed by atoms with Gasteiger partial charge in [-0.15, -0.1) is 0 Å². The average Bonchev–Trinajstić information content (AvgIpc) is 3.07. The summed E-state index contributed by atoms with van der Waals surface area (Å²) in [5.41, 5.74) is 0. The fourth-order valence-electron chi connectivity index (χ4n) is 4.61. The van der Waals surface area contributed by atoms with Gasteiger partial charge in [-0.2, -0.15) is 5.26 Å². The van der Waals surface area contributed by atoms with Crippen molar-refractivity contribution in [1.29, 1.82) is 5.26 Å². The third kappa shape index (κ3) is 4.20. The second-order valence-electron chi connectivity index (χ2n) is 7.27. The standard InChI is InChI=1S/C18H29NO2/c19-13-15-3-8-17(9-4-15)16-6-1-14(2-7-16)5-10-18-20-11-12-21-18/h14-18H,1-12H2/t14-,15?,16-,17?. The molecule has 0 spiro atoms. The molecule has 2 saturated carbocycles. The summed E-state index contributed by atoms with van der Waals surface area (Å²) in [5.74, 6) is 3.10. The molecule has 118 valence electrons. The van der Waals surface area contributed by atoms with Gasteiger partial charge in [-0.3, -0.25) is 0 Å². The van der Waals surface area contributed by atoms with E-state index in [0.717, 1.165) is 50.2 Å². The van der Waals surface area contributed by atoms with Crippen molar-refractivity contribution < 1.29 is 9.47 Å². The molecule has 1 saturated heterocycles. The number of rotatable bonds is 4. The first-order valence-electron chi connectivity index (χ1n) is 8.98.